The minimum atomic E-state index is -0.466. The lowest BCUT2D eigenvalue weighted by Gasteiger charge is -2.11. The van der Waals surface area contributed by atoms with Crippen molar-refractivity contribution in [1.82, 2.24) is 0 Å². The topological polar surface area (TPSA) is 63.5 Å². The molecule has 24 heavy (non-hydrogen) atoms. The molecule has 0 unspecified atom stereocenters. The predicted octanol–water partition coefficient (Wildman–Crippen LogP) is 3.96. The quantitative estimate of drug-likeness (QED) is 0.459. The van der Waals surface area contributed by atoms with Crippen molar-refractivity contribution in [2.45, 2.75) is 0 Å². The van der Waals surface area contributed by atoms with Crippen molar-refractivity contribution < 1.29 is 9.72 Å². The number of ketones is 1. The van der Waals surface area contributed by atoms with Crippen molar-refractivity contribution in [3.63, 3.8) is 0 Å². The molecule has 0 N–H and O–H groups in total. The lowest BCUT2D eigenvalue weighted by molar-refractivity contribution is -0.385. The molecule has 0 aromatic heterocycles. The van der Waals surface area contributed by atoms with Gasteiger partial charge >= 0.3 is 0 Å². The molecule has 0 bridgehead atoms. The Morgan fingerprint density at radius 3 is 2.25 bits per heavy atom. The Hall–Kier alpha value is -3.21. The molecule has 0 atom stereocenters. The second-order valence-electron chi connectivity index (χ2n) is 5.37. The lowest BCUT2D eigenvalue weighted by Crippen LogP contribution is -2.07. The minimum absolute atomic E-state index is 0.0233. The molecule has 0 amide bonds. The molecule has 0 aliphatic carbocycles. The Morgan fingerprint density at radius 2 is 1.62 bits per heavy atom. The first kappa shape index (κ1) is 17.1. The normalized spacial score (nSPS) is 11.1. The van der Waals surface area contributed by atoms with E-state index in [-0.39, 0.29) is 11.5 Å². The molecule has 2 aromatic carbocycles. The molecule has 0 saturated carbocycles. The van der Waals surface area contributed by atoms with Crippen LogP contribution in [0.25, 0.3) is 12.2 Å². The van der Waals surface area contributed by atoms with Crippen molar-refractivity contribution >= 4 is 29.3 Å². The molecule has 0 aliphatic rings. The van der Waals surface area contributed by atoms with E-state index < -0.39 is 4.92 Å². The highest BCUT2D eigenvalue weighted by atomic mass is 16.6. The molecule has 5 nitrogen and oxygen atoms in total. The van der Waals surface area contributed by atoms with E-state index in [9.17, 15) is 14.9 Å². The van der Waals surface area contributed by atoms with Gasteiger partial charge < -0.3 is 4.90 Å². The number of nitro benzene ring substituents is 1. The van der Waals surface area contributed by atoms with Gasteiger partial charge in [0.05, 0.1) is 10.5 Å². The molecule has 0 fully saturated rings. The van der Waals surface area contributed by atoms with Crippen molar-refractivity contribution in [1.29, 1.82) is 0 Å². The molecule has 0 heterocycles. The van der Waals surface area contributed by atoms with E-state index in [4.69, 9.17) is 0 Å². The van der Waals surface area contributed by atoms with E-state index in [1.807, 2.05) is 43.3 Å². The maximum atomic E-state index is 11.9. The summed E-state index contributed by atoms with van der Waals surface area (Å²) in [5.74, 6) is -0.232. The fraction of sp³-hybridized carbons (Fsp3) is 0.105. The summed E-state index contributed by atoms with van der Waals surface area (Å²) in [6.45, 7) is 0. The summed E-state index contributed by atoms with van der Waals surface area (Å²) in [6, 6.07) is 14.1. The maximum Gasteiger partial charge on any atom is 0.276 e. The maximum absolute atomic E-state index is 11.9. The van der Waals surface area contributed by atoms with Crippen LogP contribution in [0.4, 0.5) is 11.4 Å². The number of rotatable bonds is 6. The van der Waals surface area contributed by atoms with Crippen LogP contribution in [0.2, 0.25) is 0 Å². The van der Waals surface area contributed by atoms with E-state index >= 15 is 0 Å². The first-order valence-electron chi connectivity index (χ1n) is 7.38. The zero-order chi connectivity index (χ0) is 17.5. The van der Waals surface area contributed by atoms with Crippen LogP contribution in [0.1, 0.15) is 11.1 Å². The average Bonchev–Trinajstić information content (AvgIpc) is 2.58. The second-order valence-corrected chi connectivity index (χ2v) is 5.37. The van der Waals surface area contributed by atoms with Gasteiger partial charge in [-0.25, -0.2) is 0 Å². The third kappa shape index (κ3) is 4.64. The monoisotopic (exact) mass is 322 g/mol. The molecule has 0 radical (unpaired) electrons. The van der Waals surface area contributed by atoms with Gasteiger partial charge in [-0.1, -0.05) is 30.3 Å². The SMILES string of the molecule is CN(C)c1ccc(/C=C/C(=O)/C=C/c2ccccc2[N+](=O)[O-])cc1. The molecule has 0 saturated heterocycles. The Morgan fingerprint density at radius 1 is 1.00 bits per heavy atom. The van der Waals surface area contributed by atoms with Gasteiger partial charge in [-0.05, 0) is 42.0 Å². The van der Waals surface area contributed by atoms with Gasteiger partial charge in [-0.2, -0.15) is 0 Å². The lowest BCUT2D eigenvalue weighted by atomic mass is 10.1. The largest absolute Gasteiger partial charge is 0.378 e. The highest BCUT2D eigenvalue weighted by Crippen LogP contribution is 2.19. The third-order valence-electron chi connectivity index (χ3n) is 3.41. The molecular formula is C19H18N2O3. The van der Waals surface area contributed by atoms with Crippen LogP contribution in [-0.2, 0) is 4.79 Å². The average molecular weight is 322 g/mol. The van der Waals surface area contributed by atoms with Crippen LogP contribution in [0.15, 0.2) is 60.7 Å². The molecular weight excluding hydrogens is 304 g/mol. The Labute approximate surface area is 140 Å². The number of hydrogen-bond donors (Lipinski definition) is 0. The highest BCUT2D eigenvalue weighted by molar-refractivity contribution is 6.04. The first-order chi connectivity index (χ1) is 11.5. The number of carbonyl (C=O) groups excluding carboxylic acids is 1. The molecule has 2 rings (SSSR count). The fourth-order valence-corrected chi connectivity index (χ4v) is 2.08. The number of nitro groups is 1. The molecule has 2 aromatic rings. The van der Waals surface area contributed by atoms with Gasteiger partial charge in [0.15, 0.2) is 5.78 Å². The number of para-hydroxylation sites is 1. The summed E-state index contributed by atoms with van der Waals surface area (Å²) in [5.41, 5.74) is 2.37. The Kier molecular flexibility index (Phi) is 5.63. The van der Waals surface area contributed by atoms with Gasteiger partial charge in [-0.15, -0.1) is 0 Å². The van der Waals surface area contributed by atoms with Gasteiger partial charge in [0.1, 0.15) is 0 Å². The number of carbonyl (C=O) groups is 1. The number of nitrogens with zero attached hydrogens (tertiary/aromatic N) is 2. The van der Waals surface area contributed by atoms with Crippen LogP contribution in [-0.4, -0.2) is 24.8 Å². The predicted molar refractivity (Wildman–Crippen MR) is 96.9 cm³/mol. The van der Waals surface area contributed by atoms with Crippen LogP contribution in [0, 0.1) is 10.1 Å². The number of anilines is 1. The highest BCUT2D eigenvalue weighted by Gasteiger charge is 2.09. The fourth-order valence-electron chi connectivity index (χ4n) is 2.08. The third-order valence-corrected chi connectivity index (χ3v) is 3.41. The van der Waals surface area contributed by atoms with Gasteiger partial charge in [-0.3, -0.25) is 14.9 Å². The van der Waals surface area contributed by atoms with E-state index in [1.165, 1.54) is 24.3 Å². The summed E-state index contributed by atoms with van der Waals surface area (Å²) >= 11 is 0. The van der Waals surface area contributed by atoms with Crippen LogP contribution in [0.3, 0.4) is 0 Å². The summed E-state index contributed by atoms with van der Waals surface area (Å²) in [4.78, 5) is 24.3. The number of benzene rings is 2. The zero-order valence-corrected chi connectivity index (χ0v) is 13.5. The van der Waals surface area contributed by atoms with Crippen LogP contribution in [0.5, 0.6) is 0 Å². The second kappa shape index (κ2) is 7.87. The van der Waals surface area contributed by atoms with Gasteiger partial charge in [0.2, 0.25) is 0 Å². The van der Waals surface area contributed by atoms with Crippen molar-refractivity contribution in [2.24, 2.45) is 0 Å². The summed E-state index contributed by atoms with van der Waals surface area (Å²) in [7, 11) is 3.92. The van der Waals surface area contributed by atoms with Crippen molar-refractivity contribution in [3.8, 4) is 0 Å². The number of hydrogen-bond acceptors (Lipinski definition) is 4. The van der Waals surface area contributed by atoms with E-state index in [2.05, 4.69) is 0 Å². The van der Waals surface area contributed by atoms with Crippen molar-refractivity contribution in [3.05, 3.63) is 81.9 Å². The van der Waals surface area contributed by atoms with Crippen molar-refractivity contribution in [2.75, 3.05) is 19.0 Å². The van der Waals surface area contributed by atoms with E-state index in [0.717, 1.165) is 11.3 Å². The summed E-state index contributed by atoms with van der Waals surface area (Å²) in [5, 5.41) is 10.9. The first-order valence-corrected chi connectivity index (χ1v) is 7.38. The van der Waals surface area contributed by atoms with Gasteiger partial charge in [0, 0.05) is 25.8 Å². The Bertz CT molecular complexity index is 791. The van der Waals surface area contributed by atoms with Gasteiger partial charge in [0.25, 0.3) is 5.69 Å². The smallest absolute Gasteiger partial charge is 0.276 e. The van der Waals surface area contributed by atoms with E-state index in [1.54, 1.807) is 24.3 Å². The minimum Gasteiger partial charge on any atom is -0.378 e. The zero-order valence-electron chi connectivity index (χ0n) is 13.5. The Balaban J connectivity index is 2.06. The standard InChI is InChI=1S/C19H18N2O3/c1-20(2)17-11-7-15(8-12-17)9-13-18(22)14-10-16-5-3-4-6-19(16)21(23)24/h3-14H,1-2H3/b13-9+,14-10+. The number of allylic oxidation sites excluding steroid dienone is 2. The van der Waals surface area contributed by atoms with Crippen LogP contribution >= 0.6 is 0 Å². The molecule has 5 heteroatoms. The molecule has 0 aliphatic heterocycles. The summed E-state index contributed by atoms with van der Waals surface area (Å²) < 4.78 is 0. The molecule has 122 valence electrons. The van der Waals surface area contributed by atoms with Crippen LogP contribution < -0.4 is 4.90 Å². The summed E-state index contributed by atoms with van der Waals surface area (Å²) in [6.07, 6.45) is 5.94. The van der Waals surface area contributed by atoms with E-state index in [0.29, 0.717) is 5.56 Å². The molecule has 0 spiro atoms.